The van der Waals surface area contributed by atoms with Crippen LogP contribution in [0.4, 0.5) is 0 Å². The summed E-state index contributed by atoms with van der Waals surface area (Å²) in [7, 11) is 0. The molecule has 9 rings (SSSR count). The topological polar surface area (TPSA) is 0 Å². The minimum Gasteiger partial charge on any atom is -0.0817 e. The number of allylic oxidation sites excluding steroid dienone is 2. The molecule has 0 aromatic heterocycles. The van der Waals surface area contributed by atoms with E-state index in [1.54, 1.807) is 154 Å². The highest BCUT2D eigenvalue weighted by Gasteiger charge is 2.55. The van der Waals surface area contributed by atoms with Gasteiger partial charge in [-0.15, -0.1) is 0 Å². The Hall–Kier alpha value is -0.260. The van der Waals surface area contributed by atoms with E-state index in [2.05, 4.69) is 6.08 Å². The van der Waals surface area contributed by atoms with Crippen LogP contribution in [0.5, 0.6) is 0 Å². The van der Waals surface area contributed by atoms with E-state index >= 15 is 0 Å². The molecule has 52 heavy (non-hydrogen) atoms. The van der Waals surface area contributed by atoms with Crippen molar-refractivity contribution >= 4 is 0 Å². The maximum Gasteiger partial charge on any atom is -0.0200 e. The molecule has 0 spiro atoms. The Bertz CT molecular complexity index is 1050. The summed E-state index contributed by atoms with van der Waals surface area (Å²) in [6.07, 6.45) is 58.0. The Kier molecular flexibility index (Phi) is 12.8. The lowest BCUT2D eigenvalue weighted by atomic mass is 9.45. The molecule has 0 heteroatoms. The summed E-state index contributed by atoms with van der Waals surface area (Å²) in [5.74, 6) is 16.2. The SMILES string of the molecule is C(=C(C1CCCCC1)C1CCCCC1)C1CCC(C2C3CCCCC3C(C3CCCC(C4CCC(C5CCCCC5)CC4)C3)C3CCCCC32)CC1. The summed E-state index contributed by atoms with van der Waals surface area (Å²) in [6, 6.07) is 0. The van der Waals surface area contributed by atoms with Gasteiger partial charge in [-0.25, -0.2) is 0 Å². The van der Waals surface area contributed by atoms with Crippen molar-refractivity contribution in [2.45, 2.75) is 225 Å². The van der Waals surface area contributed by atoms with Gasteiger partial charge in [0.15, 0.2) is 0 Å². The van der Waals surface area contributed by atoms with Crippen LogP contribution < -0.4 is 0 Å². The molecule has 294 valence electrons. The Morgan fingerprint density at radius 3 is 1.15 bits per heavy atom. The van der Waals surface area contributed by atoms with Crippen LogP contribution in [0.15, 0.2) is 11.6 Å². The molecular formula is C52H86. The van der Waals surface area contributed by atoms with Crippen molar-refractivity contribution in [1.82, 2.24) is 0 Å². The first-order valence-electron chi connectivity index (χ1n) is 25.5. The average Bonchev–Trinajstić information content (AvgIpc) is 3.23. The predicted octanol–water partition coefficient (Wildman–Crippen LogP) is 15.9. The van der Waals surface area contributed by atoms with Gasteiger partial charge >= 0.3 is 0 Å². The monoisotopic (exact) mass is 711 g/mol. The first-order chi connectivity index (χ1) is 25.8. The maximum absolute atomic E-state index is 3.01. The largest absolute Gasteiger partial charge is 0.0817 e. The molecule has 9 saturated carbocycles. The molecule has 0 radical (unpaired) electrons. The third-order valence-corrected chi connectivity index (χ3v) is 19.8. The lowest BCUT2D eigenvalue weighted by Crippen LogP contribution is -2.53. The van der Waals surface area contributed by atoms with Crippen LogP contribution in [-0.2, 0) is 0 Å². The van der Waals surface area contributed by atoms with E-state index in [4.69, 9.17) is 0 Å². The van der Waals surface area contributed by atoms with Crippen molar-refractivity contribution in [3.05, 3.63) is 11.6 Å². The van der Waals surface area contributed by atoms with E-state index in [1.165, 1.54) is 70.6 Å². The molecule has 6 atom stereocenters. The van der Waals surface area contributed by atoms with Crippen LogP contribution in [0.1, 0.15) is 225 Å². The van der Waals surface area contributed by atoms with Gasteiger partial charge in [0.25, 0.3) is 0 Å². The van der Waals surface area contributed by atoms with Gasteiger partial charge in [0.1, 0.15) is 0 Å². The van der Waals surface area contributed by atoms with Crippen LogP contribution >= 0.6 is 0 Å². The van der Waals surface area contributed by atoms with Crippen molar-refractivity contribution in [3.63, 3.8) is 0 Å². The molecule has 0 bridgehead atoms. The minimum atomic E-state index is 0.924. The second-order valence-electron chi connectivity index (χ2n) is 22.2. The summed E-state index contributed by atoms with van der Waals surface area (Å²) in [6.45, 7) is 0. The average molecular weight is 711 g/mol. The molecule has 0 aromatic carbocycles. The molecule has 9 aliphatic carbocycles. The molecule has 0 N–H and O–H groups in total. The minimum absolute atomic E-state index is 0.924. The van der Waals surface area contributed by atoms with Crippen molar-refractivity contribution in [3.8, 4) is 0 Å². The lowest BCUT2D eigenvalue weighted by molar-refractivity contribution is -0.116. The molecule has 0 amide bonds. The summed E-state index contributed by atoms with van der Waals surface area (Å²) in [5, 5.41) is 0. The van der Waals surface area contributed by atoms with Crippen molar-refractivity contribution in [2.75, 3.05) is 0 Å². The fraction of sp³-hybridized carbons (Fsp3) is 0.962. The van der Waals surface area contributed by atoms with Crippen LogP contribution in [0.3, 0.4) is 0 Å². The molecule has 0 aliphatic heterocycles. The zero-order valence-electron chi connectivity index (χ0n) is 34.5. The number of fused-ring (bicyclic) bond motifs is 2. The van der Waals surface area contributed by atoms with Gasteiger partial charge in [-0.3, -0.25) is 0 Å². The van der Waals surface area contributed by atoms with Gasteiger partial charge in [-0.1, -0.05) is 127 Å². The maximum atomic E-state index is 3.01. The van der Waals surface area contributed by atoms with Gasteiger partial charge in [-0.05, 0) is 198 Å². The fourth-order valence-corrected chi connectivity index (χ4v) is 17.5. The molecule has 6 unspecified atom stereocenters. The Morgan fingerprint density at radius 1 is 0.269 bits per heavy atom. The molecule has 0 nitrogen and oxygen atoms in total. The van der Waals surface area contributed by atoms with E-state index in [0.717, 1.165) is 88.8 Å². The number of hydrogen-bond donors (Lipinski definition) is 0. The first kappa shape index (κ1) is 37.3. The molecule has 9 fully saturated rings. The zero-order valence-corrected chi connectivity index (χ0v) is 34.5. The van der Waals surface area contributed by atoms with Gasteiger partial charge in [0.05, 0.1) is 0 Å². The van der Waals surface area contributed by atoms with Gasteiger partial charge in [0, 0.05) is 0 Å². The summed E-state index contributed by atoms with van der Waals surface area (Å²) >= 11 is 0. The quantitative estimate of drug-likeness (QED) is 0.231. The number of rotatable bonds is 7. The Balaban J connectivity index is 0.870. The third kappa shape index (κ3) is 8.24. The second-order valence-corrected chi connectivity index (χ2v) is 22.2. The molecule has 0 saturated heterocycles. The highest BCUT2D eigenvalue weighted by Crippen LogP contribution is 2.63. The van der Waals surface area contributed by atoms with E-state index in [-0.39, 0.29) is 0 Å². The van der Waals surface area contributed by atoms with Gasteiger partial charge in [0.2, 0.25) is 0 Å². The van der Waals surface area contributed by atoms with Crippen LogP contribution in [-0.4, -0.2) is 0 Å². The highest BCUT2D eigenvalue weighted by atomic mass is 14.6. The van der Waals surface area contributed by atoms with Gasteiger partial charge < -0.3 is 0 Å². The van der Waals surface area contributed by atoms with Crippen molar-refractivity contribution in [2.24, 2.45) is 88.8 Å². The zero-order chi connectivity index (χ0) is 34.7. The summed E-state index contributed by atoms with van der Waals surface area (Å²) < 4.78 is 0. The Morgan fingerprint density at radius 2 is 0.635 bits per heavy atom. The molecule has 9 aliphatic rings. The molecule has 0 heterocycles. The van der Waals surface area contributed by atoms with Gasteiger partial charge in [-0.2, -0.15) is 0 Å². The van der Waals surface area contributed by atoms with Crippen molar-refractivity contribution < 1.29 is 0 Å². The van der Waals surface area contributed by atoms with Crippen LogP contribution in [0, 0.1) is 88.8 Å². The van der Waals surface area contributed by atoms with Crippen LogP contribution in [0.2, 0.25) is 0 Å². The Labute approximate surface area is 324 Å². The summed E-state index contributed by atoms with van der Waals surface area (Å²) in [4.78, 5) is 0. The standard InChI is InChI=1S/C52H86/c1-4-15-38(16-5-1)39-31-33-40(34-32-39)44-21-14-22-45(36-44)52-48-25-12-10-23-46(48)51(47-24-11-13-26-49(47)52)43-29-27-37(28-30-43)35-50(41-17-6-2-7-18-41)42-19-8-3-9-20-42/h35,37-49,51-52H,1-34,36H2. The van der Waals surface area contributed by atoms with E-state index in [9.17, 15) is 0 Å². The first-order valence-corrected chi connectivity index (χ1v) is 25.5. The normalized spacial score (nSPS) is 44.7. The fourth-order valence-electron chi connectivity index (χ4n) is 17.5. The summed E-state index contributed by atoms with van der Waals surface area (Å²) in [5.41, 5.74) is 2.02. The number of hydrogen-bond acceptors (Lipinski definition) is 0. The lowest BCUT2D eigenvalue weighted by Gasteiger charge is -2.60. The highest BCUT2D eigenvalue weighted by molar-refractivity contribution is 5.15. The smallest absolute Gasteiger partial charge is 0.0200 e. The van der Waals surface area contributed by atoms with E-state index in [1.807, 2.05) is 5.57 Å². The second kappa shape index (κ2) is 17.9. The molecule has 0 aromatic rings. The van der Waals surface area contributed by atoms with Crippen LogP contribution in [0.25, 0.3) is 0 Å². The predicted molar refractivity (Wildman–Crippen MR) is 222 cm³/mol. The third-order valence-electron chi connectivity index (χ3n) is 19.8. The van der Waals surface area contributed by atoms with Crippen molar-refractivity contribution in [1.29, 1.82) is 0 Å². The molecular weight excluding hydrogens is 625 g/mol. The van der Waals surface area contributed by atoms with E-state index in [0.29, 0.717) is 0 Å². The van der Waals surface area contributed by atoms with E-state index < -0.39 is 0 Å².